The third kappa shape index (κ3) is 2.88. The number of hydrogen-bond donors (Lipinski definition) is 0. The molecule has 22 heavy (non-hydrogen) atoms. The smallest absolute Gasteiger partial charge is 0.318 e. The van der Waals surface area contributed by atoms with Gasteiger partial charge in [-0.2, -0.15) is 4.31 Å². The van der Waals surface area contributed by atoms with E-state index < -0.39 is 10.0 Å². The third-order valence-electron chi connectivity index (χ3n) is 3.58. The maximum absolute atomic E-state index is 12.6. The van der Waals surface area contributed by atoms with E-state index in [1.165, 1.54) is 15.6 Å². The molecule has 9 heteroatoms. The Kier molecular flexibility index (Phi) is 4.20. The second-order valence-electron chi connectivity index (χ2n) is 5.09. The first kappa shape index (κ1) is 15.4. The number of nitrogens with zero attached hydrogens (tertiary/aromatic N) is 4. The van der Waals surface area contributed by atoms with Gasteiger partial charge in [0.2, 0.25) is 5.89 Å². The Morgan fingerprint density at radius 3 is 2.50 bits per heavy atom. The van der Waals surface area contributed by atoms with Crippen molar-refractivity contribution in [3.05, 3.63) is 22.9 Å². The summed E-state index contributed by atoms with van der Waals surface area (Å²) in [5.41, 5.74) is 0. The van der Waals surface area contributed by atoms with Gasteiger partial charge in [-0.25, -0.2) is 8.42 Å². The summed E-state index contributed by atoms with van der Waals surface area (Å²) in [4.78, 5) is 2.92. The second-order valence-corrected chi connectivity index (χ2v) is 8.54. The lowest BCUT2D eigenvalue weighted by atomic mass is 10.4. The Morgan fingerprint density at radius 1 is 1.23 bits per heavy atom. The van der Waals surface area contributed by atoms with Gasteiger partial charge < -0.3 is 9.32 Å². The minimum absolute atomic E-state index is 0.407. The number of aromatic nitrogens is 2. The molecule has 1 aliphatic heterocycles. The first-order valence-corrected chi connectivity index (χ1v) is 9.40. The van der Waals surface area contributed by atoms with Crippen LogP contribution in [0.1, 0.15) is 17.7 Å². The highest BCUT2D eigenvalue weighted by Crippen LogP contribution is 2.25. The normalized spacial score (nSPS) is 17.1. The predicted molar refractivity (Wildman–Crippen MR) is 83.7 cm³/mol. The fourth-order valence-electron chi connectivity index (χ4n) is 2.31. The van der Waals surface area contributed by atoms with Crippen molar-refractivity contribution in [1.82, 2.24) is 14.5 Å². The number of rotatable bonds is 4. The summed E-state index contributed by atoms with van der Waals surface area (Å²) >= 11 is 1.31. The molecular formula is C13H18N4O3S2. The molecule has 3 rings (SSSR count). The van der Waals surface area contributed by atoms with E-state index in [1.54, 1.807) is 6.07 Å². The van der Waals surface area contributed by atoms with Crippen LogP contribution in [0.25, 0.3) is 0 Å². The summed E-state index contributed by atoms with van der Waals surface area (Å²) in [5, 5.41) is 7.94. The largest absolute Gasteiger partial charge is 0.408 e. The lowest BCUT2D eigenvalue weighted by Crippen LogP contribution is -2.48. The van der Waals surface area contributed by atoms with E-state index in [2.05, 4.69) is 10.2 Å². The molecule has 0 N–H and O–H groups in total. The Bertz CT molecular complexity index is 745. The lowest BCUT2D eigenvalue weighted by molar-refractivity contribution is 0.370. The summed E-state index contributed by atoms with van der Waals surface area (Å²) in [6.45, 7) is 5.80. The van der Waals surface area contributed by atoms with E-state index in [1.807, 2.05) is 24.8 Å². The van der Waals surface area contributed by atoms with Gasteiger partial charge in [-0.15, -0.1) is 16.4 Å². The van der Waals surface area contributed by atoms with Crippen LogP contribution in [0.2, 0.25) is 0 Å². The molecule has 0 aliphatic carbocycles. The van der Waals surface area contributed by atoms with Crippen LogP contribution in [0.4, 0.5) is 6.01 Å². The summed E-state index contributed by atoms with van der Waals surface area (Å²) in [5.74, 6) is 0.596. The van der Waals surface area contributed by atoms with Crippen molar-refractivity contribution in [3.63, 3.8) is 0 Å². The minimum Gasteiger partial charge on any atom is -0.408 e. The van der Waals surface area contributed by atoms with Gasteiger partial charge in [-0.05, 0) is 19.1 Å². The van der Waals surface area contributed by atoms with Crippen molar-refractivity contribution < 1.29 is 12.8 Å². The predicted octanol–water partition coefficient (Wildman–Crippen LogP) is 1.51. The Labute approximate surface area is 133 Å². The quantitative estimate of drug-likeness (QED) is 0.838. The molecule has 3 heterocycles. The summed E-state index contributed by atoms with van der Waals surface area (Å²) in [6.07, 6.45) is 0.694. The van der Waals surface area contributed by atoms with Gasteiger partial charge in [-0.3, -0.25) is 0 Å². The first-order chi connectivity index (χ1) is 10.5. The molecule has 120 valence electrons. The number of sulfonamides is 1. The molecular weight excluding hydrogens is 324 g/mol. The molecule has 0 amide bonds. The summed E-state index contributed by atoms with van der Waals surface area (Å²) < 4.78 is 32.6. The van der Waals surface area contributed by atoms with Crippen LogP contribution in [-0.2, 0) is 16.4 Å². The maximum atomic E-state index is 12.6. The van der Waals surface area contributed by atoms with Crippen molar-refractivity contribution in [2.45, 2.75) is 24.5 Å². The summed E-state index contributed by atoms with van der Waals surface area (Å²) in [7, 11) is -3.39. The van der Waals surface area contributed by atoms with Crippen molar-refractivity contribution >= 4 is 27.4 Å². The van der Waals surface area contributed by atoms with Gasteiger partial charge in [0.1, 0.15) is 4.21 Å². The van der Waals surface area contributed by atoms with Crippen molar-refractivity contribution in [2.75, 3.05) is 31.1 Å². The van der Waals surface area contributed by atoms with E-state index in [4.69, 9.17) is 4.42 Å². The van der Waals surface area contributed by atoms with Gasteiger partial charge in [0.05, 0.1) is 0 Å². The van der Waals surface area contributed by atoms with E-state index in [-0.39, 0.29) is 0 Å². The number of thiophene rings is 1. The highest BCUT2D eigenvalue weighted by molar-refractivity contribution is 7.91. The van der Waals surface area contributed by atoms with Crippen LogP contribution < -0.4 is 4.90 Å². The van der Waals surface area contributed by atoms with E-state index in [0.29, 0.717) is 48.7 Å². The van der Waals surface area contributed by atoms with E-state index >= 15 is 0 Å². The molecule has 0 atom stereocenters. The van der Waals surface area contributed by atoms with Crippen LogP contribution in [0.5, 0.6) is 0 Å². The second kappa shape index (κ2) is 5.98. The fraction of sp³-hybridized carbons (Fsp3) is 0.538. The highest BCUT2D eigenvalue weighted by Gasteiger charge is 2.30. The van der Waals surface area contributed by atoms with Crippen LogP contribution in [0.15, 0.2) is 20.8 Å². The van der Waals surface area contributed by atoms with Gasteiger partial charge in [0, 0.05) is 37.5 Å². The van der Waals surface area contributed by atoms with Crippen molar-refractivity contribution in [3.8, 4) is 0 Å². The minimum atomic E-state index is -3.39. The molecule has 2 aromatic heterocycles. The molecule has 7 nitrogen and oxygen atoms in total. The molecule has 0 spiro atoms. The summed E-state index contributed by atoms with van der Waals surface area (Å²) in [6, 6.07) is 3.98. The maximum Gasteiger partial charge on any atom is 0.318 e. The Hall–Kier alpha value is -1.45. The molecule has 0 radical (unpaired) electrons. The number of anilines is 1. The van der Waals surface area contributed by atoms with Crippen LogP contribution in [-0.4, -0.2) is 49.1 Å². The third-order valence-corrected chi connectivity index (χ3v) is 6.94. The van der Waals surface area contributed by atoms with E-state index in [0.717, 1.165) is 4.88 Å². The standard InChI is InChI=1S/C13H18N4O3S2/c1-3-11-14-15-13(20-11)16-6-8-17(9-7-16)22(18,19)12-5-4-10(2)21-12/h4-5H,3,6-9H2,1-2H3. The van der Waals surface area contributed by atoms with Gasteiger partial charge >= 0.3 is 6.01 Å². The first-order valence-electron chi connectivity index (χ1n) is 7.14. The van der Waals surface area contributed by atoms with Crippen molar-refractivity contribution in [1.29, 1.82) is 0 Å². The topological polar surface area (TPSA) is 79.5 Å². The van der Waals surface area contributed by atoms with Gasteiger partial charge in [0.25, 0.3) is 10.0 Å². The molecule has 0 saturated carbocycles. The van der Waals surface area contributed by atoms with Crippen LogP contribution in [0.3, 0.4) is 0 Å². The zero-order valence-electron chi connectivity index (χ0n) is 12.5. The van der Waals surface area contributed by atoms with Crippen LogP contribution in [0, 0.1) is 6.92 Å². The number of piperazine rings is 1. The molecule has 1 fully saturated rings. The molecule has 0 aromatic carbocycles. The SMILES string of the molecule is CCc1nnc(N2CCN(S(=O)(=O)c3ccc(C)s3)CC2)o1. The molecule has 0 unspecified atom stereocenters. The average Bonchev–Trinajstić information content (AvgIpc) is 3.16. The Balaban J connectivity index is 1.68. The highest BCUT2D eigenvalue weighted by atomic mass is 32.2. The molecule has 1 aliphatic rings. The van der Waals surface area contributed by atoms with Gasteiger partial charge in [0.15, 0.2) is 0 Å². The monoisotopic (exact) mass is 342 g/mol. The molecule has 1 saturated heterocycles. The van der Waals surface area contributed by atoms with Crippen molar-refractivity contribution in [2.24, 2.45) is 0 Å². The van der Waals surface area contributed by atoms with E-state index in [9.17, 15) is 8.42 Å². The van der Waals surface area contributed by atoms with Crippen LogP contribution >= 0.6 is 11.3 Å². The zero-order chi connectivity index (χ0) is 15.7. The average molecular weight is 342 g/mol. The number of aryl methyl sites for hydroxylation is 2. The fourth-order valence-corrected chi connectivity index (χ4v) is 5.17. The Morgan fingerprint density at radius 2 is 1.95 bits per heavy atom. The number of hydrogen-bond acceptors (Lipinski definition) is 7. The zero-order valence-corrected chi connectivity index (χ0v) is 14.2. The lowest BCUT2D eigenvalue weighted by Gasteiger charge is -2.32. The van der Waals surface area contributed by atoms with Gasteiger partial charge in [-0.1, -0.05) is 12.0 Å². The molecule has 0 bridgehead atoms. The molecule has 2 aromatic rings.